The van der Waals surface area contributed by atoms with Crippen molar-refractivity contribution in [1.82, 2.24) is 10.2 Å². The van der Waals surface area contributed by atoms with E-state index >= 15 is 0 Å². The maximum atomic E-state index is 12.9. The number of benzene rings is 1. The van der Waals surface area contributed by atoms with Crippen molar-refractivity contribution < 1.29 is 9.59 Å². The molecule has 3 rings (SSSR count). The molecule has 4 heteroatoms. The topological polar surface area (TPSA) is 49.4 Å². The molecule has 0 spiro atoms. The van der Waals surface area contributed by atoms with Gasteiger partial charge in [-0.25, -0.2) is 0 Å². The van der Waals surface area contributed by atoms with E-state index in [4.69, 9.17) is 0 Å². The van der Waals surface area contributed by atoms with Gasteiger partial charge in [-0.05, 0) is 36.8 Å². The van der Waals surface area contributed by atoms with Crippen molar-refractivity contribution in [3.05, 3.63) is 35.4 Å². The van der Waals surface area contributed by atoms with Crippen LogP contribution in [0.3, 0.4) is 0 Å². The van der Waals surface area contributed by atoms with Crippen LogP contribution in [0, 0.1) is 5.41 Å². The Morgan fingerprint density at radius 1 is 1.17 bits per heavy atom. The quantitative estimate of drug-likeness (QED) is 0.648. The number of carbonyl (C=O) groups excluding carboxylic acids is 2. The molecule has 1 aliphatic heterocycles. The first kappa shape index (κ1) is 16.0. The maximum absolute atomic E-state index is 12.9. The molecule has 1 aromatic carbocycles. The van der Waals surface area contributed by atoms with Gasteiger partial charge in [-0.3, -0.25) is 9.59 Å². The zero-order chi connectivity index (χ0) is 16.3. The Kier molecular flexibility index (Phi) is 4.69. The van der Waals surface area contributed by atoms with E-state index in [9.17, 15) is 9.59 Å². The average Bonchev–Trinajstić information content (AvgIpc) is 3.39. The molecule has 23 heavy (non-hydrogen) atoms. The van der Waals surface area contributed by atoms with Gasteiger partial charge in [0.2, 0.25) is 11.8 Å². The molecule has 2 aliphatic rings. The van der Waals surface area contributed by atoms with Gasteiger partial charge >= 0.3 is 0 Å². The number of hydrogen-bond acceptors (Lipinski definition) is 2. The van der Waals surface area contributed by atoms with Crippen molar-refractivity contribution in [3.63, 3.8) is 0 Å². The molecule has 1 aromatic rings. The highest BCUT2D eigenvalue weighted by molar-refractivity contribution is 6.07. The predicted molar refractivity (Wildman–Crippen MR) is 89.8 cm³/mol. The van der Waals surface area contributed by atoms with Crippen molar-refractivity contribution in [2.45, 2.75) is 52.0 Å². The van der Waals surface area contributed by atoms with E-state index in [2.05, 4.69) is 24.4 Å². The number of rotatable bonds is 6. The van der Waals surface area contributed by atoms with Gasteiger partial charge in [0, 0.05) is 19.6 Å². The monoisotopic (exact) mass is 314 g/mol. The molecular formula is C19H26N2O2. The summed E-state index contributed by atoms with van der Waals surface area (Å²) in [6.07, 6.45) is 5.52. The minimum Gasteiger partial charge on any atom is -0.355 e. The highest BCUT2D eigenvalue weighted by atomic mass is 16.2. The van der Waals surface area contributed by atoms with Gasteiger partial charge in [0.15, 0.2) is 0 Å². The number of carbonyl (C=O) groups is 2. The lowest BCUT2D eigenvalue weighted by Crippen LogP contribution is -2.47. The zero-order valence-electron chi connectivity index (χ0n) is 13.9. The fourth-order valence-electron chi connectivity index (χ4n) is 3.38. The third-order valence-corrected chi connectivity index (χ3v) is 5.08. The Bertz CT molecular complexity index is 593. The highest BCUT2D eigenvalue weighted by Gasteiger charge is 2.57. The molecule has 124 valence electrons. The number of nitrogens with zero attached hydrogens (tertiary/aromatic N) is 1. The Balaban J connectivity index is 1.61. The summed E-state index contributed by atoms with van der Waals surface area (Å²) in [5.74, 6) is -0.0301. The molecule has 0 saturated heterocycles. The Hall–Kier alpha value is -1.84. The normalized spacial score (nSPS) is 18.2. The maximum Gasteiger partial charge on any atom is 0.238 e. The van der Waals surface area contributed by atoms with Gasteiger partial charge in [-0.2, -0.15) is 0 Å². The van der Waals surface area contributed by atoms with E-state index in [0.717, 1.165) is 32.2 Å². The van der Waals surface area contributed by atoms with Crippen LogP contribution in [0.15, 0.2) is 24.3 Å². The van der Waals surface area contributed by atoms with Gasteiger partial charge in [0.1, 0.15) is 5.41 Å². The second kappa shape index (κ2) is 6.73. The van der Waals surface area contributed by atoms with Crippen molar-refractivity contribution in [1.29, 1.82) is 0 Å². The molecule has 0 unspecified atom stereocenters. The summed E-state index contributed by atoms with van der Waals surface area (Å²) >= 11 is 0. The van der Waals surface area contributed by atoms with Crippen LogP contribution >= 0.6 is 0 Å². The summed E-state index contributed by atoms with van der Waals surface area (Å²) in [5, 5.41) is 2.97. The second-order valence-electron chi connectivity index (χ2n) is 6.79. The first-order valence-electron chi connectivity index (χ1n) is 8.82. The van der Waals surface area contributed by atoms with Crippen LogP contribution in [0.1, 0.15) is 50.2 Å². The van der Waals surface area contributed by atoms with E-state index < -0.39 is 5.41 Å². The van der Waals surface area contributed by atoms with E-state index in [0.29, 0.717) is 25.9 Å². The van der Waals surface area contributed by atoms with E-state index in [-0.39, 0.29) is 11.8 Å². The summed E-state index contributed by atoms with van der Waals surface area (Å²) < 4.78 is 0. The minimum atomic E-state index is -0.765. The SMILES string of the molecule is CCCCCNC(=O)C1(C(=O)N2CCc3ccccc3C2)CC1. The smallest absolute Gasteiger partial charge is 0.238 e. The predicted octanol–water partition coefficient (Wildman–Crippen LogP) is 2.66. The van der Waals surface area contributed by atoms with Gasteiger partial charge in [-0.1, -0.05) is 44.0 Å². The Labute approximate surface area is 138 Å². The Morgan fingerprint density at radius 2 is 1.91 bits per heavy atom. The number of fused-ring (bicyclic) bond motifs is 1. The van der Waals surface area contributed by atoms with Gasteiger partial charge < -0.3 is 10.2 Å². The van der Waals surface area contributed by atoms with Crippen LogP contribution in [0.2, 0.25) is 0 Å². The van der Waals surface area contributed by atoms with Crippen molar-refractivity contribution in [2.24, 2.45) is 5.41 Å². The standard InChI is InChI=1S/C19H26N2O2/c1-2-3-6-12-20-17(22)19(10-11-19)18(23)21-13-9-15-7-4-5-8-16(15)14-21/h4-5,7-8H,2-3,6,9-14H2,1H3,(H,20,22). The summed E-state index contributed by atoms with van der Waals surface area (Å²) in [7, 11) is 0. The van der Waals surface area contributed by atoms with Crippen LogP contribution in [0.5, 0.6) is 0 Å². The number of hydrogen-bond donors (Lipinski definition) is 1. The number of nitrogens with one attached hydrogen (secondary N) is 1. The molecule has 0 radical (unpaired) electrons. The molecule has 1 saturated carbocycles. The third kappa shape index (κ3) is 3.26. The lowest BCUT2D eigenvalue weighted by molar-refractivity contribution is -0.145. The fraction of sp³-hybridized carbons (Fsp3) is 0.579. The summed E-state index contributed by atoms with van der Waals surface area (Å²) in [6.45, 7) is 4.19. The van der Waals surface area contributed by atoms with Crippen LogP contribution in [0.25, 0.3) is 0 Å². The number of unbranched alkanes of at least 4 members (excludes halogenated alkanes) is 2. The second-order valence-corrected chi connectivity index (χ2v) is 6.79. The van der Waals surface area contributed by atoms with Crippen LogP contribution < -0.4 is 5.32 Å². The van der Waals surface area contributed by atoms with Crippen LogP contribution in [0.4, 0.5) is 0 Å². The molecule has 1 N–H and O–H groups in total. The van der Waals surface area contributed by atoms with Crippen LogP contribution in [-0.4, -0.2) is 29.8 Å². The third-order valence-electron chi connectivity index (χ3n) is 5.08. The lowest BCUT2D eigenvalue weighted by atomic mass is 9.97. The first-order chi connectivity index (χ1) is 11.2. The summed E-state index contributed by atoms with van der Waals surface area (Å²) in [5.41, 5.74) is 1.77. The van der Waals surface area contributed by atoms with E-state index in [1.807, 2.05) is 17.0 Å². The largest absolute Gasteiger partial charge is 0.355 e. The van der Waals surface area contributed by atoms with Gasteiger partial charge in [0.05, 0.1) is 0 Å². The summed E-state index contributed by atoms with van der Waals surface area (Å²) in [6, 6.07) is 8.27. The fourth-order valence-corrected chi connectivity index (χ4v) is 3.38. The van der Waals surface area contributed by atoms with E-state index in [1.165, 1.54) is 11.1 Å². The molecule has 1 heterocycles. The molecule has 0 atom stereocenters. The molecule has 1 aliphatic carbocycles. The van der Waals surface area contributed by atoms with Gasteiger partial charge in [-0.15, -0.1) is 0 Å². The first-order valence-corrected chi connectivity index (χ1v) is 8.82. The average molecular weight is 314 g/mol. The molecule has 0 bridgehead atoms. The van der Waals surface area contributed by atoms with E-state index in [1.54, 1.807) is 0 Å². The van der Waals surface area contributed by atoms with Crippen LogP contribution in [-0.2, 0) is 22.6 Å². The number of amides is 2. The molecule has 1 fully saturated rings. The molecule has 2 amide bonds. The van der Waals surface area contributed by atoms with Crippen molar-refractivity contribution >= 4 is 11.8 Å². The summed E-state index contributed by atoms with van der Waals surface area (Å²) in [4.78, 5) is 27.2. The lowest BCUT2D eigenvalue weighted by Gasteiger charge is -2.31. The zero-order valence-corrected chi connectivity index (χ0v) is 13.9. The van der Waals surface area contributed by atoms with Crippen molar-refractivity contribution in [2.75, 3.05) is 13.1 Å². The Morgan fingerprint density at radius 3 is 2.61 bits per heavy atom. The molecular weight excluding hydrogens is 288 g/mol. The molecule has 0 aromatic heterocycles. The van der Waals surface area contributed by atoms with Gasteiger partial charge in [0.25, 0.3) is 0 Å². The van der Waals surface area contributed by atoms with Crippen molar-refractivity contribution in [3.8, 4) is 0 Å². The highest BCUT2D eigenvalue weighted by Crippen LogP contribution is 2.48. The molecule has 4 nitrogen and oxygen atoms in total. The minimum absolute atomic E-state index is 0.0278.